The van der Waals surface area contributed by atoms with Crippen LogP contribution in [0.5, 0.6) is 0 Å². The molecule has 2 aliphatic heterocycles. The highest BCUT2D eigenvalue weighted by atomic mass is 32.2. The average Bonchev–Trinajstić information content (AvgIpc) is 2.72. The molecule has 2 rings (SSSR count). The molecule has 0 radical (unpaired) electrons. The van der Waals surface area contributed by atoms with Crippen molar-refractivity contribution < 1.29 is 4.74 Å². The largest absolute Gasteiger partial charge is 0.381 e. The van der Waals surface area contributed by atoms with Crippen molar-refractivity contribution >= 4 is 11.8 Å². The number of hydrogen-bond donors (Lipinski definition) is 1. The molecule has 0 bridgehead atoms. The molecule has 0 aliphatic carbocycles. The Bertz CT molecular complexity index is 165. The van der Waals surface area contributed by atoms with Gasteiger partial charge >= 0.3 is 0 Å². The zero-order chi connectivity index (χ0) is 9.80. The summed E-state index contributed by atoms with van der Waals surface area (Å²) >= 11 is 2.09. The summed E-state index contributed by atoms with van der Waals surface area (Å²) in [7, 11) is 0. The van der Waals surface area contributed by atoms with E-state index in [2.05, 4.69) is 24.0 Å². The second-order valence-corrected chi connectivity index (χ2v) is 5.64. The van der Waals surface area contributed by atoms with Gasteiger partial charge in [0.1, 0.15) is 0 Å². The molecule has 0 amide bonds. The highest BCUT2D eigenvalue weighted by molar-refractivity contribution is 7.99. The van der Waals surface area contributed by atoms with Crippen LogP contribution in [0.25, 0.3) is 0 Å². The van der Waals surface area contributed by atoms with Crippen LogP contribution in [0.4, 0.5) is 0 Å². The minimum Gasteiger partial charge on any atom is -0.381 e. The van der Waals surface area contributed by atoms with E-state index in [0.29, 0.717) is 6.04 Å². The van der Waals surface area contributed by atoms with Crippen LogP contribution in [0.2, 0.25) is 0 Å². The maximum absolute atomic E-state index is 5.42. The van der Waals surface area contributed by atoms with E-state index in [-0.39, 0.29) is 0 Å². The van der Waals surface area contributed by atoms with E-state index in [0.717, 1.165) is 25.2 Å². The maximum Gasteiger partial charge on any atom is 0.0509 e. The van der Waals surface area contributed by atoms with Crippen molar-refractivity contribution in [1.82, 2.24) is 5.32 Å². The molecule has 1 N–H and O–H groups in total. The van der Waals surface area contributed by atoms with Crippen molar-refractivity contribution in [2.45, 2.75) is 38.3 Å². The average molecular weight is 215 g/mol. The first-order valence-electron chi connectivity index (χ1n) is 5.78. The lowest BCUT2D eigenvalue weighted by Crippen LogP contribution is -2.43. The maximum atomic E-state index is 5.42. The number of rotatable bonds is 3. The van der Waals surface area contributed by atoms with Crippen LogP contribution in [0, 0.1) is 5.92 Å². The molecule has 14 heavy (non-hydrogen) atoms. The molecule has 0 aromatic carbocycles. The van der Waals surface area contributed by atoms with E-state index in [9.17, 15) is 0 Å². The predicted octanol–water partition coefficient (Wildman–Crippen LogP) is 1.90. The van der Waals surface area contributed by atoms with E-state index in [1.165, 1.54) is 30.8 Å². The third-order valence-corrected chi connectivity index (χ3v) is 4.55. The molecule has 2 nitrogen and oxygen atoms in total. The van der Waals surface area contributed by atoms with Gasteiger partial charge in [0.25, 0.3) is 0 Å². The van der Waals surface area contributed by atoms with Crippen molar-refractivity contribution in [2.24, 2.45) is 5.92 Å². The fraction of sp³-hybridized carbons (Fsp3) is 1.00. The number of nitrogens with one attached hydrogen (secondary N) is 1. The molecule has 0 aromatic heterocycles. The summed E-state index contributed by atoms with van der Waals surface area (Å²) in [6.07, 6.45) is 4.00. The van der Waals surface area contributed by atoms with Gasteiger partial charge in [-0.1, -0.05) is 0 Å². The zero-order valence-corrected chi connectivity index (χ0v) is 9.81. The Hall–Kier alpha value is 0.270. The highest BCUT2D eigenvalue weighted by Gasteiger charge is 2.24. The van der Waals surface area contributed by atoms with E-state index in [1.807, 2.05) is 0 Å². The van der Waals surface area contributed by atoms with Gasteiger partial charge in [0, 0.05) is 24.4 Å². The number of thioether (sulfide) groups is 1. The third-order valence-electron chi connectivity index (χ3n) is 3.33. The van der Waals surface area contributed by atoms with Gasteiger partial charge in [0.15, 0.2) is 0 Å². The van der Waals surface area contributed by atoms with Crippen LogP contribution >= 0.6 is 11.8 Å². The summed E-state index contributed by atoms with van der Waals surface area (Å²) in [6, 6.07) is 1.39. The van der Waals surface area contributed by atoms with Crippen molar-refractivity contribution in [3.63, 3.8) is 0 Å². The SMILES string of the molecule is CC(NC1CCCSC1)C1CCOC1. The summed E-state index contributed by atoms with van der Waals surface area (Å²) < 4.78 is 5.42. The lowest BCUT2D eigenvalue weighted by Gasteiger charge is -2.28. The summed E-state index contributed by atoms with van der Waals surface area (Å²) in [5, 5.41) is 3.76. The van der Waals surface area contributed by atoms with Gasteiger partial charge in [-0.3, -0.25) is 0 Å². The topological polar surface area (TPSA) is 21.3 Å². The third kappa shape index (κ3) is 2.88. The smallest absolute Gasteiger partial charge is 0.0509 e. The van der Waals surface area contributed by atoms with E-state index >= 15 is 0 Å². The lowest BCUT2D eigenvalue weighted by molar-refractivity contribution is 0.176. The van der Waals surface area contributed by atoms with Gasteiger partial charge in [-0.25, -0.2) is 0 Å². The Morgan fingerprint density at radius 2 is 2.36 bits per heavy atom. The van der Waals surface area contributed by atoms with E-state index in [4.69, 9.17) is 4.74 Å². The molecule has 3 heteroatoms. The Morgan fingerprint density at radius 3 is 3.00 bits per heavy atom. The molecule has 2 aliphatic rings. The number of hydrogen-bond acceptors (Lipinski definition) is 3. The van der Waals surface area contributed by atoms with Crippen LogP contribution < -0.4 is 5.32 Å². The van der Waals surface area contributed by atoms with Gasteiger partial charge in [0.2, 0.25) is 0 Å². The van der Waals surface area contributed by atoms with E-state index in [1.54, 1.807) is 0 Å². The second-order valence-electron chi connectivity index (χ2n) is 4.49. The monoisotopic (exact) mass is 215 g/mol. The zero-order valence-electron chi connectivity index (χ0n) is 9.00. The fourth-order valence-corrected chi connectivity index (χ4v) is 3.41. The summed E-state index contributed by atoms with van der Waals surface area (Å²) in [5.74, 6) is 3.42. The van der Waals surface area contributed by atoms with Crippen LogP contribution in [0.1, 0.15) is 26.2 Å². The first-order chi connectivity index (χ1) is 6.86. The molecule has 82 valence electrons. The van der Waals surface area contributed by atoms with E-state index < -0.39 is 0 Å². The normalized spacial score (nSPS) is 35.8. The van der Waals surface area contributed by atoms with Gasteiger partial charge in [0.05, 0.1) is 6.61 Å². The first kappa shape index (κ1) is 10.8. The molecule has 2 fully saturated rings. The Morgan fingerprint density at radius 1 is 1.43 bits per heavy atom. The standard InChI is InChI=1S/C11H21NOS/c1-9(10-4-5-13-7-10)12-11-3-2-6-14-8-11/h9-12H,2-8H2,1H3. The Kier molecular flexibility index (Phi) is 4.14. The molecule has 2 saturated heterocycles. The van der Waals surface area contributed by atoms with Crippen LogP contribution in [-0.2, 0) is 4.74 Å². The highest BCUT2D eigenvalue weighted by Crippen LogP contribution is 2.21. The van der Waals surface area contributed by atoms with Gasteiger partial charge in [-0.05, 0) is 37.9 Å². The van der Waals surface area contributed by atoms with Crippen molar-refractivity contribution in [1.29, 1.82) is 0 Å². The molecular formula is C11H21NOS. The van der Waals surface area contributed by atoms with Gasteiger partial charge < -0.3 is 10.1 Å². The van der Waals surface area contributed by atoms with Crippen LogP contribution in [0.15, 0.2) is 0 Å². The van der Waals surface area contributed by atoms with Crippen molar-refractivity contribution in [2.75, 3.05) is 24.7 Å². The van der Waals surface area contributed by atoms with Crippen LogP contribution in [0.3, 0.4) is 0 Å². The van der Waals surface area contributed by atoms with Crippen molar-refractivity contribution in [3.8, 4) is 0 Å². The van der Waals surface area contributed by atoms with Gasteiger partial charge in [-0.15, -0.1) is 0 Å². The second kappa shape index (κ2) is 5.38. The minimum absolute atomic E-state index is 0.640. The molecule has 0 saturated carbocycles. The van der Waals surface area contributed by atoms with Crippen molar-refractivity contribution in [3.05, 3.63) is 0 Å². The molecule has 0 aromatic rings. The predicted molar refractivity (Wildman–Crippen MR) is 61.9 cm³/mol. The molecule has 3 atom stereocenters. The molecule has 3 unspecified atom stereocenters. The summed E-state index contributed by atoms with van der Waals surface area (Å²) in [5.41, 5.74) is 0. The minimum atomic E-state index is 0.640. The summed E-state index contributed by atoms with van der Waals surface area (Å²) in [6.45, 7) is 4.25. The number of ether oxygens (including phenoxy) is 1. The molecule has 2 heterocycles. The van der Waals surface area contributed by atoms with Crippen LogP contribution in [-0.4, -0.2) is 36.8 Å². The summed E-state index contributed by atoms with van der Waals surface area (Å²) in [4.78, 5) is 0. The molecule has 0 spiro atoms. The first-order valence-corrected chi connectivity index (χ1v) is 6.93. The fourth-order valence-electron chi connectivity index (χ4n) is 2.33. The Labute approximate surface area is 91.2 Å². The van der Waals surface area contributed by atoms with Gasteiger partial charge in [-0.2, -0.15) is 11.8 Å². The Balaban J connectivity index is 1.72. The molecular weight excluding hydrogens is 194 g/mol. The lowest BCUT2D eigenvalue weighted by atomic mass is 9.99. The quantitative estimate of drug-likeness (QED) is 0.777.